The van der Waals surface area contributed by atoms with Crippen molar-refractivity contribution in [2.24, 2.45) is 0 Å². The van der Waals surface area contributed by atoms with Gasteiger partial charge in [0.05, 0.1) is 13.2 Å². The minimum atomic E-state index is -0.434. The lowest BCUT2D eigenvalue weighted by Gasteiger charge is -1.98. The number of hydrogen-bond donors (Lipinski definition) is 2. The summed E-state index contributed by atoms with van der Waals surface area (Å²) in [5, 5.41) is 15.2. The van der Waals surface area contributed by atoms with Crippen LogP contribution in [0.1, 0.15) is 13.8 Å². The molecule has 32 heavy (non-hydrogen) atoms. The summed E-state index contributed by atoms with van der Waals surface area (Å²) >= 11 is 0. The molecular weight excluding hydrogens is 404 g/mol. The van der Waals surface area contributed by atoms with E-state index in [0.29, 0.717) is 5.75 Å². The Bertz CT molecular complexity index is 388. The SMILES string of the molecule is C=C.C=C.C=C.C=C.C=C.C=C.C=CC(=O)Oc1ccccc1.CCOCC.OCCO. The molecule has 0 spiro atoms. The number of hydrogen-bond acceptors (Lipinski definition) is 5. The Balaban J connectivity index is -0.0000000392. The zero-order chi connectivity index (χ0) is 27.6. The maximum absolute atomic E-state index is 10.6. The van der Waals surface area contributed by atoms with Crippen LogP contribution < -0.4 is 4.74 Å². The predicted octanol–water partition coefficient (Wildman–Crippen LogP) is 6.61. The molecule has 0 heterocycles. The van der Waals surface area contributed by atoms with E-state index in [1.54, 1.807) is 24.3 Å². The van der Waals surface area contributed by atoms with Gasteiger partial charge in [0.25, 0.3) is 0 Å². The van der Waals surface area contributed by atoms with Gasteiger partial charge in [0.2, 0.25) is 0 Å². The molecule has 5 heteroatoms. The van der Waals surface area contributed by atoms with Crippen molar-refractivity contribution in [1.82, 2.24) is 0 Å². The minimum absolute atomic E-state index is 0.125. The van der Waals surface area contributed by atoms with Crippen molar-refractivity contribution in [2.45, 2.75) is 13.8 Å². The van der Waals surface area contributed by atoms with Crippen molar-refractivity contribution in [3.63, 3.8) is 0 Å². The number of ether oxygens (including phenoxy) is 2. The molecule has 0 aliphatic carbocycles. The monoisotopic (exact) mass is 452 g/mol. The average molecular weight is 453 g/mol. The van der Waals surface area contributed by atoms with Crippen LogP contribution in [0.25, 0.3) is 0 Å². The van der Waals surface area contributed by atoms with Crippen LogP contribution in [-0.4, -0.2) is 42.6 Å². The fraction of sp³-hybridized carbons (Fsp3) is 0.222. The molecule has 0 aliphatic rings. The van der Waals surface area contributed by atoms with Gasteiger partial charge in [0.15, 0.2) is 0 Å². The van der Waals surface area contributed by atoms with Crippen molar-refractivity contribution < 1.29 is 24.5 Å². The molecule has 1 aromatic carbocycles. The largest absolute Gasteiger partial charge is 0.423 e. The van der Waals surface area contributed by atoms with Crippen molar-refractivity contribution >= 4 is 5.97 Å². The van der Waals surface area contributed by atoms with E-state index in [2.05, 4.69) is 85.5 Å². The summed E-state index contributed by atoms with van der Waals surface area (Å²) in [4.78, 5) is 10.6. The van der Waals surface area contributed by atoms with Crippen molar-refractivity contribution in [1.29, 1.82) is 0 Å². The molecule has 0 saturated heterocycles. The molecule has 0 atom stereocenters. The Morgan fingerprint density at radius 1 is 0.750 bits per heavy atom. The number of carbonyl (C=O) groups excluding carboxylic acids is 1. The van der Waals surface area contributed by atoms with Gasteiger partial charge >= 0.3 is 5.97 Å². The Morgan fingerprint density at radius 2 is 1.06 bits per heavy atom. The molecule has 186 valence electrons. The van der Waals surface area contributed by atoms with E-state index in [1.165, 1.54) is 0 Å². The highest BCUT2D eigenvalue weighted by molar-refractivity contribution is 5.83. The standard InChI is InChI=1S/C9H8O2.C4H10O.C2H6O2.6C2H4/c1-2-9(10)11-8-6-4-3-5-7-8;1-3-5-4-2;3-1-2-4;6*1-2/h2-7H,1H2;3-4H2,1-2H3;3-4H,1-2H2;6*1-2H2. The van der Waals surface area contributed by atoms with Crippen molar-refractivity contribution in [3.05, 3.63) is 122 Å². The second-order valence-corrected chi connectivity index (χ2v) is 3.17. The topological polar surface area (TPSA) is 76.0 Å². The zero-order valence-corrected chi connectivity index (χ0v) is 20.6. The summed E-state index contributed by atoms with van der Waals surface area (Å²) in [6.45, 7) is 44.7. The molecule has 1 aromatic rings. The van der Waals surface area contributed by atoms with Crippen LogP contribution in [0.2, 0.25) is 0 Å². The van der Waals surface area contributed by atoms with Crippen molar-refractivity contribution in [2.75, 3.05) is 26.4 Å². The van der Waals surface area contributed by atoms with Gasteiger partial charge in [-0.1, -0.05) is 24.8 Å². The molecule has 0 saturated carbocycles. The highest BCUT2D eigenvalue weighted by Gasteiger charge is 1.95. The smallest absolute Gasteiger partial charge is 0.335 e. The van der Waals surface area contributed by atoms with Crippen LogP contribution in [0, 0.1) is 0 Å². The molecule has 0 aliphatic heterocycles. The van der Waals surface area contributed by atoms with Crippen LogP contribution in [0.15, 0.2) is 122 Å². The second-order valence-electron chi connectivity index (χ2n) is 3.17. The van der Waals surface area contributed by atoms with E-state index in [-0.39, 0.29) is 13.2 Å². The maximum atomic E-state index is 10.6. The molecule has 0 unspecified atom stereocenters. The normalized spacial score (nSPS) is 6.00. The summed E-state index contributed by atoms with van der Waals surface area (Å²) in [6, 6.07) is 8.87. The third kappa shape index (κ3) is 93.8. The number of rotatable bonds is 5. The lowest BCUT2D eigenvalue weighted by molar-refractivity contribution is -0.128. The van der Waals surface area contributed by atoms with E-state index >= 15 is 0 Å². The van der Waals surface area contributed by atoms with Crippen LogP contribution >= 0.6 is 0 Å². The minimum Gasteiger partial charge on any atom is -0.423 e. The molecule has 0 aromatic heterocycles. The Labute approximate surface area is 198 Å². The highest BCUT2D eigenvalue weighted by Crippen LogP contribution is 2.07. The van der Waals surface area contributed by atoms with E-state index in [1.807, 2.05) is 19.9 Å². The van der Waals surface area contributed by atoms with Gasteiger partial charge in [0, 0.05) is 19.3 Å². The molecule has 2 N–H and O–H groups in total. The van der Waals surface area contributed by atoms with Gasteiger partial charge < -0.3 is 19.7 Å². The van der Waals surface area contributed by atoms with Gasteiger partial charge in [-0.25, -0.2) is 4.79 Å². The molecule has 1 rings (SSSR count). The number of para-hydroxylation sites is 1. The predicted molar refractivity (Wildman–Crippen MR) is 146 cm³/mol. The molecule has 0 radical (unpaired) electrons. The number of benzene rings is 1. The molecule has 5 nitrogen and oxygen atoms in total. The average Bonchev–Trinajstić information content (AvgIpc) is 2.92. The fourth-order valence-corrected chi connectivity index (χ4v) is 0.850. The molecule has 0 fully saturated rings. The lowest BCUT2D eigenvalue weighted by Crippen LogP contribution is -2.02. The Kier molecular flexibility index (Phi) is 147. The van der Waals surface area contributed by atoms with Crippen LogP contribution in [0.5, 0.6) is 5.75 Å². The first-order chi connectivity index (χ1) is 15.7. The third-order valence-electron chi connectivity index (χ3n) is 1.64. The van der Waals surface area contributed by atoms with Crippen LogP contribution in [-0.2, 0) is 9.53 Å². The summed E-state index contributed by atoms with van der Waals surface area (Å²) in [5.41, 5.74) is 0. The summed E-state index contributed by atoms with van der Waals surface area (Å²) in [5.74, 6) is 0.105. The molecule has 0 bridgehead atoms. The fourth-order valence-electron chi connectivity index (χ4n) is 0.850. The Hall–Kier alpha value is -3.25. The second kappa shape index (κ2) is 91.3. The first-order valence-corrected chi connectivity index (χ1v) is 9.34. The molecule has 0 amide bonds. The summed E-state index contributed by atoms with van der Waals surface area (Å²) < 4.78 is 9.64. The van der Waals surface area contributed by atoms with E-state index < -0.39 is 5.97 Å². The van der Waals surface area contributed by atoms with Gasteiger partial charge in [0.1, 0.15) is 5.75 Å². The third-order valence-corrected chi connectivity index (χ3v) is 1.64. The summed E-state index contributed by atoms with van der Waals surface area (Å²) in [7, 11) is 0. The number of aliphatic hydroxyl groups is 2. The van der Waals surface area contributed by atoms with Crippen LogP contribution in [0.3, 0.4) is 0 Å². The van der Waals surface area contributed by atoms with E-state index in [4.69, 9.17) is 19.7 Å². The Morgan fingerprint density at radius 3 is 1.25 bits per heavy atom. The van der Waals surface area contributed by atoms with Gasteiger partial charge in [-0.15, -0.1) is 78.9 Å². The van der Waals surface area contributed by atoms with Crippen LogP contribution in [0.4, 0.5) is 0 Å². The van der Waals surface area contributed by atoms with Crippen molar-refractivity contribution in [3.8, 4) is 5.75 Å². The first kappa shape index (κ1) is 51.4. The van der Waals surface area contributed by atoms with Gasteiger partial charge in [-0.3, -0.25) is 0 Å². The summed E-state index contributed by atoms with van der Waals surface area (Å²) in [6.07, 6.45) is 1.13. The lowest BCUT2D eigenvalue weighted by atomic mass is 10.3. The first-order valence-electron chi connectivity index (χ1n) is 9.34. The highest BCUT2D eigenvalue weighted by atomic mass is 16.5. The maximum Gasteiger partial charge on any atom is 0.335 e. The van der Waals surface area contributed by atoms with E-state index in [0.717, 1.165) is 19.3 Å². The molecular formula is C27H48O5. The number of aliphatic hydroxyl groups excluding tert-OH is 2. The number of carbonyl (C=O) groups is 1. The van der Waals surface area contributed by atoms with E-state index in [9.17, 15) is 4.79 Å². The number of esters is 1. The quantitative estimate of drug-likeness (QED) is 0.228. The van der Waals surface area contributed by atoms with Gasteiger partial charge in [-0.05, 0) is 26.0 Å². The zero-order valence-electron chi connectivity index (χ0n) is 20.6. The van der Waals surface area contributed by atoms with Gasteiger partial charge in [-0.2, -0.15) is 0 Å².